The first kappa shape index (κ1) is 15.8. The number of anilines is 1. The third kappa shape index (κ3) is 4.01. The lowest BCUT2D eigenvalue weighted by atomic mass is 10.2. The van der Waals surface area contributed by atoms with Gasteiger partial charge < -0.3 is 10.1 Å². The Bertz CT molecular complexity index is 729. The molecule has 1 atom stereocenters. The standard InChI is InChI=1S/C19H18N2O3/c22-18(12-11-15-7-3-1-4-8-15)20-13-17-14-21(19(23)24-17)16-9-5-2-6-10-16/h1-12,17H,13-14H2,(H,20,22)/b12-11-. The molecular formula is C19H18N2O3. The van der Waals surface area contributed by atoms with Crippen molar-refractivity contribution in [3.63, 3.8) is 0 Å². The van der Waals surface area contributed by atoms with Crippen LogP contribution >= 0.6 is 0 Å². The minimum atomic E-state index is -0.389. The molecule has 3 rings (SSSR count). The molecule has 1 saturated heterocycles. The highest BCUT2D eigenvalue weighted by molar-refractivity contribution is 5.92. The van der Waals surface area contributed by atoms with E-state index in [1.807, 2.05) is 60.7 Å². The van der Waals surface area contributed by atoms with E-state index < -0.39 is 0 Å². The number of nitrogens with zero attached hydrogens (tertiary/aromatic N) is 1. The molecule has 1 N–H and O–H groups in total. The summed E-state index contributed by atoms with van der Waals surface area (Å²) in [4.78, 5) is 25.3. The number of rotatable bonds is 5. The number of amides is 2. The molecule has 2 aromatic carbocycles. The third-order valence-corrected chi connectivity index (χ3v) is 3.67. The van der Waals surface area contributed by atoms with Gasteiger partial charge in [0.05, 0.1) is 13.1 Å². The van der Waals surface area contributed by atoms with Crippen LogP contribution in [0.2, 0.25) is 0 Å². The van der Waals surface area contributed by atoms with E-state index >= 15 is 0 Å². The number of carbonyl (C=O) groups excluding carboxylic acids is 2. The summed E-state index contributed by atoms with van der Waals surface area (Å²) in [6, 6.07) is 18.9. The molecule has 0 aromatic heterocycles. The fraction of sp³-hybridized carbons (Fsp3) is 0.158. The van der Waals surface area contributed by atoms with E-state index in [1.54, 1.807) is 11.0 Å². The van der Waals surface area contributed by atoms with Crippen molar-refractivity contribution in [1.82, 2.24) is 5.32 Å². The van der Waals surface area contributed by atoms with Crippen molar-refractivity contribution in [3.05, 3.63) is 72.3 Å². The summed E-state index contributed by atoms with van der Waals surface area (Å²) in [5.74, 6) is -0.215. The number of para-hydroxylation sites is 1. The zero-order valence-electron chi connectivity index (χ0n) is 13.1. The molecule has 1 unspecified atom stereocenters. The maximum atomic E-state index is 11.9. The summed E-state index contributed by atoms with van der Waals surface area (Å²) < 4.78 is 5.29. The number of hydrogen-bond donors (Lipinski definition) is 1. The molecule has 5 heteroatoms. The minimum absolute atomic E-state index is 0.215. The number of benzene rings is 2. The number of carbonyl (C=O) groups is 2. The smallest absolute Gasteiger partial charge is 0.414 e. The number of nitrogens with one attached hydrogen (secondary N) is 1. The van der Waals surface area contributed by atoms with Gasteiger partial charge in [0.2, 0.25) is 5.91 Å². The van der Waals surface area contributed by atoms with Crippen LogP contribution < -0.4 is 10.2 Å². The van der Waals surface area contributed by atoms with E-state index in [0.717, 1.165) is 11.3 Å². The Morgan fingerprint density at radius 1 is 1.12 bits per heavy atom. The maximum Gasteiger partial charge on any atom is 0.414 e. The van der Waals surface area contributed by atoms with E-state index in [2.05, 4.69) is 5.32 Å². The zero-order valence-corrected chi connectivity index (χ0v) is 13.1. The van der Waals surface area contributed by atoms with Gasteiger partial charge in [-0.25, -0.2) is 4.79 Å². The fourth-order valence-corrected chi connectivity index (χ4v) is 2.46. The monoisotopic (exact) mass is 322 g/mol. The molecule has 24 heavy (non-hydrogen) atoms. The molecule has 2 aromatic rings. The van der Waals surface area contributed by atoms with Crippen LogP contribution in [0.15, 0.2) is 66.7 Å². The highest BCUT2D eigenvalue weighted by atomic mass is 16.6. The Morgan fingerprint density at radius 2 is 1.79 bits per heavy atom. The Hall–Kier alpha value is -3.08. The molecule has 2 amide bonds. The minimum Gasteiger partial charge on any atom is -0.442 e. The topological polar surface area (TPSA) is 58.6 Å². The summed E-state index contributed by atoms with van der Waals surface area (Å²) in [5, 5.41) is 2.76. The molecular weight excluding hydrogens is 304 g/mol. The molecule has 0 aliphatic carbocycles. The normalized spacial score (nSPS) is 17.1. The molecule has 1 fully saturated rings. The second-order valence-corrected chi connectivity index (χ2v) is 5.44. The van der Waals surface area contributed by atoms with Crippen LogP contribution in [-0.2, 0) is 9.53 Å². The molecule has 5 nitrogen and oxygen atoms in total. The van der Waals surface area contributed by atoms with Gasteiger partial charge in [-0.3, -0.25) is 9.69 Å². The van der Waals surface area contributed by atoms with Crippen molar-refractivity contribution >= 4 is 23.8 Å². The van der Waals surface area contributed by atoms with Crippen LogP contribution in [-0.4, -0.2) is 31.2 Å². The van der Waals surface area contributed by atoms with Gasteiger partial charge in [-0.2, -0.15) is 0 Å². The van der Waals surface area contributed by atoms with Gasteiger partial charge in [0, 0.05) is 11.8 Å². The average Bonchev–Trinajstić information content (AvgIpc) is 3.00. The van der Waals surface area contributed by atoms with Gasteiger partial charge in [-0.05, 0) is 23.8 Å². The number of ether oxygens (including phenoxy) is 1. The van der Waals surface area contributed by atoms with Crippen molar-refractivity contribution in [2.45, 2.75) is 6.10 Å². The molecule has 1 aliphatic heterocycles. The lowest BCUT2D eigenvalue weighted by Gasteiger charge is -2.12. The van der Waals surface area contributed by atoms with E-state index in [0.29, 0.717) is 6.54 Å². The summed E-state index contributed by atoms with van der Waals surface area (Å²) >= 11 is 0. The van der Waals surface area contributed by atoms with Crippen molar-refractivity contribution in [1.29, 1.82) is 0 Å². The van der Waals surface area contributed by atoms with Gasteiger partial charge >= 0.3 is 6.09 Å². The zero-order chi connectivity index (χ0) is 16.8. The Balaban J connectivity index is 1.50. The predicted octanol–water partition coefficient (Wildman–Crippen LogP) is 2.84. The Labute approximate surface area is 140 Å². The van der Waals surface area contributed by atoms with Gasteiger partial charge in [0.1, 0.15) is 6.10 Å². The highest BCUT2D eigenvalue weighted by Gasteiger charge is 2.32. The third-order valence-electron chi connectivity index (χ3n) is 3.67. The molecule has 0 saturated carbocycles. The van der Waals surface area contributed by atoms with Crippen LogP contribution in [0.25, 0.3) is 6.08 Å². The lowest BCUT2D eigenvalue weighted by Crippen LogP contribution is -2.33. The van der Waals surface area contributed by atoms with Crippen LogP contribution in [0, 0.1) is 0 Å². The highest BCUT2D eigenvalue weighted by Crippen LogP contribution is 2.20. The predicted molar refractivity (Wildman–Crippen MR) is 92.5 cm³/mol. The van der Waals surface area contributed by atoms with Crippen molar-refractivity contribution in [2.24, 2.45) is 0 Å². The molecule has 1 heterocycles. The Morgan fingerprint density at radius 3 is 2.50 bits per heavy atom. The Kier molecular flexibility index (Phi) is 4.91. The molecule has 0 bridgehead atoms. The van der Waals surface area contributed by atoms with Gasteiger partial charge in [0.15, 0.2) is 0 Å². The second-order valence-electron chi connectivity index (χ2n) is 5.44. The summed E-state index contributed by atoms with van der Waals surface area (Å²) in [5.41, 5.74) is 1.75. The summed E-state index contributed by atoms with van der Waals surface area (Å²) in [6.07, 6.45) is 2.47. The van der Waals surface area contributed by atoms with Gasteiger partial charge in [-0.15, -0.1) is 0 Å². The van der Waals surface area contributed by atoms with Gasteiger partial charge in [0.25, 0.3) is 0 Å². The largest absolute Gasteiger partial charge is 0.442 e. The van der Waals surface area contributed by atoms with Gasteiger partial charge in [-0.1, -0.05) is 48.5 Å². The van der Waals surface area contributed by atoms with Crippen molar-refractivity contribution in [3.8, 4) is 0 Å². The average molecular weight is 322 g/mol. The molecule has 0 radical (unpaired) electrons. The molecule has 1 aliphatic rings. The second kappa shape index (κ2) is 7.46. The summed E-state index contributed by atoms with van der Waals surface area (Å²) in [6.45, 7) is 0.707. The van der Waals surface area contributed by atoms with E-state index in [1.165, 1.54) is 6.08 Å². The van der Waals surface area contributed by atoms with Crippen molar-refractivity contribution in [2.75, 3.05) is 18.0 Å². The van der Waals surface area contributed by atoms with E-state index in [9.17, 15) is 9.59 Å². The van der Waals surface area contributed by atoms with Crippen LogP contribution in [0.1, 0.15) is 5.56 Å². The summed E-state index contributed by atoms with van der Waals surface area (Å²) in [7, 11) is 0. The number of hydrogen-bond acceptors (Lipinski definition) is 3. The van der Waals surface area contributed by atoms with Crippen LogP contribution in [0.4, 0.5) is 10.5 Å². The first-order chi connectivity index (χ1) is 11.7. The van der Waals surface area contributed by atoms with Crippen LogP contribution in [0.3, 0.4) is 0 Å². The van der Waals surface area contributed by atoms with Crippen LogP contribution in [0.5, 0.6) is 0 Å². The first-order valence-electron chi connectivity index (χ1n) is 7.76. The van der Waals surface area contributed by atoms with E-state index in [4.69, 9.17) is 4.74 Å². The fourth-order valence-electron chi connectivity index (χ4n) is 2.46. The quantitative estimate of drug-likeness (QED) is 0.861. The maximum absolute atomic E-state index is 11.9. The first-order valence-corrected chi connectivity index (χ1v) is 7.76. The molecule has 0 spiro atoms. The molecule has 122 valence electrons. The lowest BCUT2D eigenvalue weighted by molar-refractivity contribution is -0.116. The number of cyclic esters (lactones) is 1. The van der Waals surface area contributed by atoms with E-state index in [-0.39, 0.29) is 24.6 Å². The SMILES string of the molecule is O=C(/C=C\c1ccccc1)NCC1CN(c2ccccc2)C(=O)O1. The van der Waals surface area contributed by atoms with Crippen molar-refractivity contribution < 1.29 is 14.3 Å².